The quantitative estimate of drug-likeness (QED) is 0.417. The molecule has 0 atom stereocenters. The molecule has 0 spiro atoms. The van der Waals surface area contributed by atoms with Crippen molar-refractivity contribution in [2.45, 2.75) is 26.9 Å². The van der Waals surface area contributed by atoms with Crippen LogP contribution >= 0.6 is 11.6 Å². The number of aryl methyl sites for hydroxylation is 2. The molecule has 3 rings (SSSR count). The van der Waals surface area contributed by atoms with Gasteiger partial charge >= 0.3 is 0 Å². The second-order valence-corrected chi connectivity index (χ2v) is 7.62. The van der Waals surface area contributed by atoms with Gasteiger partial charge in [0.25, 0.3) is 0 Å². The summed E-state index contributed by atoms with van der Waals surface area (Å²) in [5.41, 5.74) is 7.93. The fourth-order valence-corrected chi connectivity index (χ4v) is 3.20. The number of amides is 1. The molecule has 156 valence electrons. The van der Waals surface area contributed by atoms with Gasteiger partial charge in [0.2, 0.25) is 5.91 Å². The molecule has 0 fully saturated rings. The second-order valence-electron chi connectivity index (χ2n) is 7.18. The van der Waals surface area contributed by atoms with E-state index >= 15 is 0 Å². The Morgan fingerprint density at radius 1 is 1.13 bits per heavy atom. The highest BCUT2D eigenvalue weighted by molar-refractivity contribution is 6.30. The third-order valence-corrected chi connectivity index (χ3v) is 4.93. The summed E-state index contributed by atoms with van der Waals surface area (Å²) in [6.45, 7) is 4.34. The molecule has 3 aromatic rings. The summed E-state index contributed by atoms with van der Waals surface area (Å²) >= 11 is 6.11. The number of hydrogen-bond donors (Lipinski definition) is 1. The van der Waals surface area contributed by atoms with E-state index in [9.17, 15) is 4.79 Å². The van der Waals surface area contributed by atoms with Crippen molar-refractivity contribution in [1.29, 1.82) is 5.26 Å². The SMILES string of the molecule is Cc1ccc(CC(=O)N/N=C/c2cc(Cl)ccc2OCc2ccc(C#N)cc2)c(C)c1. The Kier molecular flexibility index (Phi) is 7.42. The van der Waals surface area contributed by atoms with Gasteiger partial charge in [-0.2, -0.15) is 10.4 Å². The number of benzene rings is 3. The van der Waals surface area contributed by atoms with Crippen molar-refractivity contribution < 1.29 is 9.53 Å². The molecule has 1 N–H and O–H groups in total. The van der Waals surface area contributed by atoms with E-state index in [-0.39, 0.29) is 12.3 Å². The summed E-state index contributed by atoms with van der Waals surface area (Å²) in [4.78, 5) is 12.2. The normalized spacial score (nSPS) is 10.6. The molecule has 0 aliphatic carbocycles. The Morgan fingerprint density at radius 3 is 2.61 bits per heavy atom. The molecule has 6 heteroatoms. The summed E-state index contributed by atoms with van der Waals surface area (Å²) in [7, 11) is 0. The topological polar surface area (TPSA) is 74.5 Å². The van der Waals surface area contributed by atoms with Crippen LogP contribution in [-0.2, 0) is 17.8 Å². The lowest BCUT2D eigenvalue weighted by atomic mass is 10.0. The van der Waals surface area contributed by atoms with Crippen molar-refractivity contribution in [2.24, 2.45) is 5.10 Å². The number of carbonyl (C=O) groups excluding carboxylic acids is 1. The van der Waals surface area contributed by atoms with Crippen LogP contribution in [0.5, 0.6) is 5.75 Å². The third-order valence-electron chi connectivity index (χ3n) is 4.69. The molecule has 0 saturated carbocycles. The van der Waals surface area contributed by atoms with Crippen LogP contribution < -0.4 is 10.2 Å². The number of nitrogens with zero attached hydrogens (tertiary/aromatic N) is 2. The molecule has 0 saturated heterocycles. The van der Waals surface area contributed by atoms with E-state index in [1.165, 1.54) is 6.21 Å². The number of carbonyl (C=O) groups is 1. The summed E-state index contributed by atoms with van der Waals surface area (Å²) in [5.74, 6) is 0.381. The Labute approximate surface area is 186 Å². The average Bonchev–Trinajstić information content (AvgIpc) is 2.75. The van der Waals surface area contributed by atoms with Gasteiger partial charge in [-0.25, -0.2) is 5.43 Å². The first-order valence-corrected chi connectivity index (χ1v) is 10.1. The van der Waals surface area contributed by atoms with Gasteiger partial charge in [0, 0.05) is 10.6 Å². The van der Waals surface area contributed by atoms with Gasteiger partial charge in [-0.15, -0.1) is 0 Å². The number of nitriles is 1. The van der Waals surface area contributed by atoms with Crippen molar-refractivity contribution in [3.05, 3.63) is 99.1 Å². The van der Waals surface area contributed by atoms with Gasteiger partial charge in [0.15, 0.2) is 0 Å². The van der Waals surface area contributed by atoms with E-state index < -0.39 is 0 Å². The number of halogens is 1. The van der Waals surface area contributed by atoms with Gasteiger partial charge in [-0.3, -0.25) is 4.79 Å². The van der Waals surface area contributed by atoms with Crippen LogP contribution in [0.4, 0.5) is 0 Å². The maximum atomic E-state index is 12.2. The molecular formula is C25H22ClN3O2. The minimum absolute atomic E-state index is 0.203. The molecule has 0 aliphatic heterocycles. The maximum Gasteiger partial charge on any atom is 0.244 e. The van der Waals surface area contributed by atoms with Gasteiger partial charge in [0.05, 0.1) is 24.3 Å². The predicted molar refractivity (Wildman–Crippen MR) is 122 cm³/mol. The highest BCUT2D eigenvalue weighted by Crippen LogP contribution is 2.22. The standard InChI is InChI=1S/C25H22ClN3O2/c1-17-3-8-21(18(2)11-17)13-25(30)29-28-15-22-12-23(26)9-10-24(22)31-16-20-6-4-19(14-27)5-7-20/h3-12,15H,13,16H2,1-2H3,(H,29,30)/b28-15+. The van der Waals surface area contributed by atoms with Gasteiger partial charge < -0.3 is 4.74 Å². The highest BCUT2D eigenvalue weighted by atomic mass is 35.5. The van der Waals surface area contributed by atoms with E-state index in [2.05, 4.69) is 22.7 Å². The Morgan fingerprint density at radius 2 is 1.90 bits per heavy atom. The largest absolute Gasteiger partial charge is 0.488 e. The van der Waals surface area contributed by atoms with Crippen LogP contribution in [0.15, 0.2) is 65.8 Å². The zero-order valence-corrected chi connectivity index (χ0v) is 18.1. The molecule has 1 amide bonds. The molecule has 0 bridgehead atoms. The van der Waals surface area contributed by atoms with Crippen LogP contribution in [0.1, 0.15) is 33.4 Å². The highest BCUT2D eigenvalue weighted by Gasteiger charge is 2.07. The molecule has 0 unspecified atom stereocenters. The summed E-state index contributed by atoms with van der Waals surface area (Å²) in [5, 5.41) is 13.5. The Hall–Kier alpha value is -3.62. The van der Waals surface area contributed by atoms with Gasteiger partial charge in [0.1, 0.15) is 12.4 Å². The van der Waals surface area contributed by atoms with Crippen LogP contribution in [0.25, 0.3) is 0 Å². The molecule has 0 aromatic heterocycles. The van der Waals surface area contributed by atoms with E-state index in [0.717, 1.165) is 22.3 Å². The van der Waals surface area contributed by atoms with Crippen LogP contribution in [0.3, 0.4) is 0 Å². The van der Waals surface area contributed by atoms with Crippen molar-refractivity contribution in [3.63, 3.8) is 0 Å². The molecular weight excluding hydrogens is 410 g/mol. The fourth-order valence-electron chi connectivity index (χ4n) is 3.02. The predicted octanol–water partition coefficient (Wildman–Crippen LogP) is 5.10. The Balaban J connectivity index is 1.63. The number of hydrazone groups is 1. The lowest BCUT2D eigenvalue weighted by Gasteiger charge is -2.10. The van der Waals surface area contributed by atoms with Gasteiger partial charge in [-0.05, 0) is 60.9 Å². The average molecular weight is 432 g/mol. The monoisotopic (exact) mass is 431 g/mol. The smallest absolute Gasteiger partial charge is 0.244 e. The third kappa shape index (κ3) is 6.43. The summed E-state index contributed by atoms with van der Waals surface area (Å²) in [6.07, 6.45) is 1.76. The molecule has 0 aliphatic rings. The first-order valence-electron chi connectivity index (χ1n) is 9.74. The van der Waals surface area contributed by atoms with Crippen LogP contribution in [0, 0.1) is 25.2 Å². The number of nitrogens with one attached hydrogen (secondary N) is 1. The van der Waals surface area contributed by atoms with Crippen molar-refractivity contribution in [1.82, 2.24) is 5.43 Å². The molecule has 5 nitrogen and oxygen atoms in total. The van der Waals surface area contributed by atoms with Crippen molar-refractivity contribution >= 4 is 23.7 Å². The molecule has 0 heterocycles. The number of rotatable bonds is 7. The zero-order chi connectivity index (χ0) is 22.2. The lowest BCUT2D eigenvalue weighted by Crippen LogP contribution is -2.20. The van der Waals surface area contributed by atoms with Crippen LogP contribution in [0.2, 0.25) is 5.02 Å². The number of ether oxygens (including phenoxy) is 1. The summed E-state index contributed by atoms with van der Waals surface area (Å²) < 4.78 is 5.89. The lowest BCUT2D eigenvalue weighted by molar-refractivity contribution is -0.120. The van der Waals surface area contributed by atoms with E-state index in [1.54, 1.807) is 30.3 Å². The van der Waals surface area contributed by atoms with Gasteiger partial charge in [-0.1, -0.05) is 47.5 Å². The molecule has 31 heavy (non-hydrogen) atoms. The fraction of sp³-hybridized carbons (Fsp3) is 0.160. The maximum absolute atomic E-state index is 12.2. The first-order chi connectivity index (χ1) is 14.9. The molecule has 0 radical (unpaired) electrons. The first kappa shape index (κ1) is 22.1. The van der Waals surface area contributed by atoms with Crippen LogP contribution in [-0.4, -0.2) is 12.1 Å². The minimum atomic E-state index is -0.203. The zero-order valence-electron chi connectivity index (χ0n) is 17.4. The minimum Gasteiger partial charge on any atom is -0.488 e. The van der Waals surface area contributed by atoms with E-state index in [0.29, 0.717) is 28.5 Å². The van der Waals surface area contributed by atoms with Crippen molar-refractivity contribution in [2.75, 3.05) is 0 Å². The Bertz CT molecular complexity index is 1150. The summed E-state index contributed by atoms with van der Waals surface area (Å²) in [6, 6.07) is 20.5. The second kappa shape index (κ2) is 10.4. The van der Waals surface area contributed by atoms with Crippen molar-refractivity contribution in [3.8, 4) is 11.8 Å². The van der Waals surface area contributed by atoms with E-state index in [1.807, 2.05) is 38.1 Å². The number of hydrogen-bond acceptors (Lipinski definition) is 4. The van der Waals surface area contributed by atoms with E-state index in [4.69, 9.17) is 21.6 Å². The molecule has 3 aromatic carbocycles.